The van der Waals surface area contributed by atoms with Crippen LogP contribution in [0.5, 0.6) is 0 Å². The van der Waals surface area contributed by atoms with Crippen molar-refractivity contribution in [2.45, 2.75) is 129 Å². The number of aliphatic hydroxyl groups excluding tert-OH is 2. The van der Waals surface area contributed by atoms with E-state index in [4.69, 9.17) is 18.9 Å². The molecule has 0 spiro atoms. The Hall–Kier alpha value is -2.87. The van der Waals surface area contributed by atoms with E-state index in [2.05, 4.69) is 4.98 Å². The molecule has 2 aromatic rings. The molecule has 1 fully saturated rings. The first kappa shape index (κ1) is 41.9. The lowest BCUT2D eigenvalue weighted by atomic mass is 9.76. The first-order valence-corrected chi connectivity index (χ1v) is 18.5. The number of aromatic nitrogens is 1. The second-order valence-electron chi connectivity index (χ2n) is 15.5. The van der Waals surface area contributed by atoms with Gasteiger partial charge in [0.2, 0.25) is 0 Å². The zero-order valence-corrected chi connectivity index (χ0v) is 32.5. The van der Waals surface area contributed by atoms with Gasteiger partial charge in [-0.3, -0.25) is 14.6 Å². The van der Waals surface area contributed by atoms with Gasteiger partial charge in [-0.1, -0.05) is 58.0 Å². The van der Waals surface area contributed by atoms with Crippen LogP contribution in [0.25, 0.3) is 17.0 Å². The topological polar surface area (TPSA) is 148 Å². The number of aliphatic hydroxyl groups is 3. The van der Waals surface area contributed by atoms with Crippen LogP contribution in [-0.2, 0) is 28.5 Å². The summed E-state index contributed by atoms with van der Waals surface area (Å²) < 4.78 is 25.5. The van der Waals surface area contributed by atoms with Crippen molar-refractivity contribution in [2.75, 3.05) is 20.7 Å². The number of allylic oxidation sites excluding steroid dienone is 1. The molecule has 288 valence electrons. The highest BCUT2D eigenvalue weighted by atomic mass is 16.7. The van der Waals surface area contributed by atoms with Crippen molar-refractivity contribution < 1.29 is 43.9 Å². The summed E-state index contributed by atoms with van der Waals surface area (Å²) in [5.74, 6) is -3.16. The van der Waals surface area contributed by atoms with Gasteiger partial charge in [-0.25, -0.2) is 0 Å². The van der Waals surface area contributed by atoms with E-state index < -0.39 is 59.8 Å². The molecule has 4 rings (SSSR count). The van der Waals surface area contributed by atoms with Crippen molar-refractivity contribution in [3.8, 4) is 0 Å². The van der Waals surface area contributed by atoms with Crippen molar-refractivity contribution >= 4 is 28.5 Å². The normalized spacial score (nSPS) is 38.4. The number of hydrogen-bond donors (Lipinski definition) is 3. The van der Waals surface area contributed by atoms with E-state index in [1.54, 1.807) is 40.8 Å². The monoisotopic (exact) mass is 724 g/mol. The number of para-hydroxylation sites is 1. The largest absolute Gasteiger partial charge is 0.386 e. The highest BCUT2D eigenvalue weighted by molar-refractivity contribution is 5.96. The molecule has 3 N–H and O–H groups in total. The van der Waals surface area contributed by atoms with Crippen LogP contribution in [0.3, 0.4) is 0 Å². The van der Waals surface area contributed by atoms with Crippen molar-refractivity contribution in [1.29, 1.82) is 0 Å². The van der Waals surface area contributed by atoms with E-state index >= 15 is 0 Å². The Morgan fingerprint density at radius 3 is 2.42 bits per heavy atom. The average Bonchev–Trinajstić information content (AvgIpc) is 3.10. The SMILES string of the molecule is CC[C@H]1OC(O)[C@H](C)C(=O)[C@H](C)[C@@H](O[C@@H]2O[C@H](C)C[C@H](N(C)C)[C@H]2O)[C@](C)(OC/C=C/c2cnc3ccccc3c2)C[C@@H](C)C(=O)/C(C)=C/[C@]1(C)O. The average molecular weight is 725 g/mol. The number of ketones is 2. The molecule has 1 aromatic heterocycles. The van der Waals surface area contributed by atoms with E-state index in [-0.39, 0.29) is 36.7 Å². The van der Waals surface area contributed by atoms with Gasteiger partial charge in [0.25, 0.3) is 0 Å². The van der Waals surface area contributed by atoms with E-state index in [0.717, 1.165) is 16.5 Å². The predicted octanol–water partition coefficient (Wildman–Crippen LogP) is 5.10. The van der Waals surface area contributed by atoms with Gasteiger partial charge in [0.1, 0.15) is 17.5 Å². The molecule has 0 bridgehead atoms. The van der Waals surface area contributed by atoms with Crippen LogP contribution in [0.1, 0.15) is 80.2 Å². The number of pyridine rings is 1. The summed E-state index contributed by atoms with van der Waals surface area (Å²) in [4.78, 5) is 34.7. The molecule has 11 nitrogen and oxygen atoms in total. The summed E-state index contributed by atoms with van der Waals surface area (Å²) in [7, 11) is 3.77. The maximum absolute atomic E-state index is 14.3. The van der Waals surface area contributed by atoms with Gasteiger partial charge in [0.05, 0.1) is 42.0 Å². The van der Waals surface area contributed by atoms with Crippen LogP contribution in [0.4, 0.5) is 0 Å². The van der Waals surface area contributed by atoms with Crippen LogP contribution >= 0.6 is 0 Å². The Bertz CT molecular complexity index is 1590. The molecule has 0 aliphatic carbocycles. The van der Waals surface area contributed by atoms with Crippen LogP contribution in [0, 0.1) is 17.8 Å². The molecule has 11 heteroatoms. The molecule has 1 unspecified atom stereocenters. The lowest BCUT2D eigenvalue weighted by Gasteiger charge is -2.47. The maximum atomic E-state index is 14.3. The summed E-state index contributed by atoms with van der Waals surface area (Å²) in [5, 5.41) is 35.2. The molecule has 0 radical (unpaired) electrons. The number of rotatable bonds is 8. The lowest BCUT2D eigenvalue weighted by molar-refractivity contribution is -0.297. The fourth-order valence-corrected chi connectivity index (χ4v) is 7.78. The maximum Gasteiger partial charge on any atom is 0.185 e. The number of Topliss-reactive ketones (excluding diaryl/α,β-unsaturated/α-hetero) is 2. The first-order chi connectivity index (χ1) is 24.4. The van der Waals surface area contributed by atoms with Crippen LogP contribution < -0.4 is 0 Å². The minimum Gasteiger partial charge on any atom is -0.386 e. The van der Waals surface area contributed by atoms with E-state index in [1.165, 1.54) is 13.0 Å². The molecule has 0 saturated carbocycles. The van der Waals surface area contributed by atoms with Crippen LogP contribution in [-0.4, -0.2) is 112 Å². The zero-order valence-electron chi connectivity index (χ0n) is 32.5. The van der Waals surface area contributed by atoms with Gasteiger partial charge in [0.15, 0.2) is 18.4 Å². The molecular weight excluding hydrogens is 664 g/mol. The smallest absolute Gasteiger partial charge is 0.185 e. The lowest BCUT2D eigenvalue weighted by Crippen LogP contribution is -2.59. The van der Waals surface area contributed by atoms with Gasteiger partial charge in [0, 0.05) is 29.5 Å². The minimum absolute atomic E-state index is 0.0960. The summed E-state index contributed by atoms with van der Waals surface area (Å²) in [6.45, 7) is 13.9. The molecule has 3 heterocycles. The first-order valence-electron chi connectivity index (χ1n) is 18.5. The Balaban J connectivity index is 1.77. The van der Waals surface area contributed by atoms with Gasteiger partial charge >= 0.3 is 0 Å². The second kappa shape index (κ2) is 17.5. The Morgan fingerprint density at radius 1 is 1.06 bits per heavy atom. The quantitative estimate of drug-likeness (QED) is 0.334. The summed E-state index contributed by atoms with van der Waals surface area (Å²) >= 11 is 0. The minimum atomic E-state index is -1.60. The molecular formula is C41H60N2O9. The molecule has 52 heavy (non-hydrogen) atoms. The Morgan fingerprint density at radius 2 is 1.75 bits per heavy atom. The van der Waals surface area contributed by atoms with Gasteiger partial charge in [-0.05, 0) is 90.4 Å². The third kappa shape index (κ3) is 9.81. The van der Waals surface area contributed by atoms with Crippen LogP contribution in [0.2, 0.25) is 0 Å². The van der Waals surface area contributed by atoms with E-state index in [9.17, 15) is 24.9 Å². The van der Waals surface area contributed by atoms with Crippen molar-refractivity contribution in [3.05, 3.63) is 59.8 Å². The number of hydrogen-bond acceptors (Lipinski definition) is 11. The van der Waals surface area contributed by atoms with Crippen molar-refractivity contribution in [2.24, 2.45) is 17.8 Å². The van der Waals surface area contributed by atoms with Crippen molar-refractivity contribution in [3.63, 3.8) is 0 Å². The Kier molecular flexibility index (Phi) is 14.1. The third-order valence-electron chi connectivity index (χ3n) is 10.8. The summed E-state index contributed by atoms with van der Waals surface area (Å²) in [6.07, 6.45) is 2.13. The van der Waals surface area contributed by atoms with Gasteiger partial charge in [-0.15, -0.1) is 0 Å². The number of nitrogens with zero attached hydrogens (tertiary/aromatic N) is 2. The molecule has 12 atom stereocenters. The van der Waals surface area contributed by atoms with Crippen LogP contribution in [0.15, 0.2) is 54.3 Å². The van der Waals surface area contributed by atoms with Gasteiger partial charge in [-0.2, -0.15) is 0 Å². The molecule has 1 aromatic carbocycles. The highest BCUT2D eigenvalue weighted by Gasteiger charge is 2.50. The third-order valence-corrected chi connectivity index (χ3v) is 10.8. The van der Waals surface area contributed by atoms with E-state index in [1.807, 2.05) is 75.3 Å². The zero-order chi connectivity index (χ0) is 38.5. The Labute approximate surface area is 309 Å². The molecule has 2 aliphatic rings. The highest BCUT2D eigenvalue weighted by Crippen LogP contribution is 2.38. The number of ether oxygens (including phenoxy) is 4. The molecule has 2 aliphatic heterocycles. The number of carbonyl (C=O) groups excluding carboxylic acids is 2. The number of likely N-dealkylation sites (N-methyl/N-ethyl adjacent to an activating group) is 1. The number of carbonyl (C=O) groups is 2. The number of benzene rings is 1. The van der Waals surface area contributed by atoms with Gasteiger partial charge < -0.3 is 39.2 Å². The molecule has 1 saturated heterocycles. The second-order valence-corrected chi connectivity index (χ2v) is 15.5. The molecule has 0 amide bonds. The summed E-state index contributed by atoms with van der Waals surface area (Å²) in [5.41, 5.74) is -0.797. The predicted molar refractivity (Wildman–Crippen MR) is 200 cm³/mol. The standard InChI is InChI=1S/C41H60N2O9/c1-11-33-40(7,48)21-24(2)34(44)25(3)22-41(8,49-18-14-15-29-20-30-16-12-13-17-31(30)42-23-29)37(27(5)35(45)28(6)38(47)51-33)52-39-36(46)32(43(9)10)19-26(4)50-39/h12-17,20-21,23,25-28,32-33,36-39,46-48H,11,18-19,22H2,1-10H3/b15-14+,24-21+/t25-,26-,27+,28-,32+,33-,36-,37-,38?,39+,40+,41-/m1/s1. The number of fused-ring (bicyclic) bond motifs is 1. The van der Waals surface area contributed by atoms with Crippen molar-refractivity contribution in [1.82, 2.24) is 9.88 Å². The fourth-order valence-electron chi connectivity index (χ4n) is 7.78. The van der Waals surface area contributed by atoms with E-state index in [0.29, 0.717) is 18.4 Å². The fraction of sp³-hybridized carbons (Fsp3) is 0.634. The summed E-state index contributed by atoms with van der Waals surface area (Å²) in [6, 6.07) is 9.60.